The van der Waals surface area contributed by atoms with E-state index in [0.717, 1.165) is 16.3 Å². The molecule has 0 radical (unpaired) electrons. The molecule has 0 saturated carbocycles. The Balaban J connectivity index is 0.00000450. The molecule has 0 aliphatic carbocycles. The van der Waals surface area contributed by atoms with Gasteiger partial charge in [0.2, 0.25) is 5.88 Å². The van der Waals surface area contributed by atoms with Crippen molar-refractivity contribution in [3.05, 3.63) is 40.0 Å². The highest BCUT2D eigenvalue weighted by atomic mass is 127. The number of guanidine groups is 1. The molecule has 1 N–H and O–H groups in total. The van der Waals surface area contributed by atoms with Crippen LogP contribution in [-0.2, 0) is 17.8 Å². The molecule has 2 heterocycles. The molecule has 0 bridgehead atoms. The van der Waals surface area contributed by atoms with Gasteiger partial charge in [-0.3, -0.25) is 4.99 Å². The van der Waals surface area contributed by atoms with Gasteiger partial charge in [0.05, 0.1) is 12.2 Å². The number of hydrogen-bond donors (Lipinski definition) is 1. The number of ether oxygens (including phenoxy) is 2. The number of aromatic nitrogens is 2. The van der Waals surface area contributed by atoms with Crippen molar-refractivity contribution in [2.75, 3.05) is 27.8 Å². The van der Waals surface area contributed by atoms with Gasteiger partial charge in [-0.1, -0.05) is 6.07 Å². The molecule has 0 fully saturated rings. The number of pyridine rings is 1. The predicted molar refractivity (Wildman–Crippen MR) is 120 cm³/mol. The Labute approximate surface area is 194 Å². The van der Waals surface area contributed by atoms with E-state index in [9.17, 15) is 13.2 Å². The number of thiazole rings is 1. The third-order valence-corrected chi connectivity index (χ3v) is 4.93. The van der Waals surface area contributed by atoms with Crippen LogP contribution in [0.1, 0.15) is 29.3 Å². The minimum atomic E-state index is -4.39. The Morgan fingerprint density at radius 2 is 2.10 bits per heavy atom. The van der Waals surface area contributed by atoms with Crippen LogP contribution in [0.5, 0.6) is 5.88 Å². The van der Waals surface area contributed by atoms with Gasteiger partial charge in [0.15, 0.2) is 12.6 Å². The first-order valence-electron chi connectivity index (χ1n) is 8.75. The lowest BCUT2D eigenvalue weighted by molar-refractivity contribution is -0.154. The van der Waals surface area contributed by atoms with E-state index < -0.39 is 12.8 Å². The summed E-state index contributed by atoms with van der Waals surface area (Å²) in [5.41, 5.74) is 1.69. The molecule has 30 heavy (non-hydrogen) atoms. The lowest BCUT2D eigenvalue weighted by atomic mass is 10.3. The Hall–Kier alpha value is -1.67. The smallest absolute Gasteiger partial charge is 0.422 e. The van der Waals surface area contributed by atoms with Crippen LogP contribution >= 0.6 is 35.3 Å². The van der Waals surface area contributed by atoms with Crippen molar-refractivity contribution in [2.24, 2.45) is 4.99 Å². The fraction of sp³-hybridized carbons (Fsp3) is 0.500. The largest absolute Gasteiger partial charge is 0.468 e. The first kappa shape index (κ1) is 26.4. The molecule has 0 aliphatic heterocycles. The van der Waals surface area contributed by atoms with Crippen molar-refractivity contribution in [1.82, 2.24) is 20.2 Å². The van der Waals surface area contributed by atoms with Crippen LogP contribution in [0.25, 0.3) is 0 Å². The standard InChI is InChI=1S/C18H24F3N5O2S.HI/c1-12(27-4)16-25-14(10-29-16)9-26(3)17(22-2)24-8-13-5-6-15(23-7-13)28-11-18(19,20)21;/h5-7,10,12H,8-9,11H2,1-4H3,(H,22,24);1H. The highest BCUT2D eigenvalue weighted by molar-refractivity contribution is 14.0. The van der Waals surface area contributed by atoms with Crippen LogP contribution in [0.2, 0.25) is 0 Å². The summed E-state index contributed by atoms with van der Waals surface area (Å²) in [6.07, 6.45) is -2.98. The van der Waals surface area contributed by atoms with E-state index in [1.165, 1.54) is 12.3 Å². The van der Waals surface area contributed by atoms with Crippen LogP contribution < -0.4 is 10.1 Å². The maximum atomic E-state index is 12.2. The average Bonchev–Trinajstić information content (AvgIpc) is 3.15. The van der Waals surface area contributed by atoms with Crippen molar-refractivity contribution in [1.29, 1.82) is 0 Å². The van der Waals surface area contributed by atoms with E-state index >= 15 is 0 Å². The zero-order valence-electron chi connectivity index (χ0n) is 17.1. The molecule has 1 atom stereocenters. The molecular formula is C18H25F3IN5O2S. The molecule has 2 rings (SSSR count). The lowest BCUT2D eigenvalue weighted by Crippen LogP contribution is -2.38. The van der Waals surface area contributed by atoms with Crippen molar-refractivity contribution >= 4 is 41.3 Å². The predicted octanol–water partition coefficient (Wildman–Crippen LogP) is 4.01. The summed E-state index contributed by atoms with van der Waals surface area (Å²) in [5, 5.41) is 6.09. The van der Waals surface area contributed by atoms with Gasteiger partial charge >= 0.3 is 6.18 Å². The number of methoxy groups -OCH3 is 1. The summed E-state index contributed by atoms with van der Waals surface area (Å²) in [5.74, 6) is 0.578. The molecule has 0 saturated heterocycles. The minimum absolute atomic E-state index is 0. The molecule has 1 unspecified atom stereocenters. The molecule has 0 spiro atoms. The Kier molecular flexibility index (Phi) is 10.8. The number of nitrogens with one attached hydrogen (secondary N) is 1. The van der Waals surface area contributed by atoms with Gasteiger partial charge in [0, 0.05) is 45.4 Å². The molecule has 2 aromatic heterocycles. The first-order chi connectivity index (χ1) is 13.7. The van der Waals surface area contributed by atoms with E-state index in [0.29, 0.717) is 19.0 Å². The molecule has 12 heteroatoms. The zero-order valence-corrected chi connectivity index (χ0v) is 20.2. The van der Waals surface area contributed by atoms with E-state index in [1.54, 1.807) is 31.6 Å². The molecule has 0 aliphatic rings. The molecular weight excluding hydrogens is 534 g/mol. The fourth-order valence-electron chi connectivity index (χ4n) is 2.32. The SMILES string of the molecule is CN=C(NCc1ccc(OCC(F)(F)F)nc1)N(C)Cc1csc(C(C)OC)n1.I. The van der Waals surface area contributed by atoms with Crippen molar-refractivity contribution < 1.29 is 22.6 Å². The normalized spacial score (nSPS) is 12.8. The summed E-state index contributed by atoms with van der Waals surface area (Å²) in [6.45, 7) is 1.55. The fourth-order valence-corrected chi connectivity index (χ4v) is 3.17. The second-order valence-electron chi connectivity index (χ2n) is 6.22. The molecule has 2 aromatic rings. The van der Waals surface area contributed by atoms with Crippen LogP contribution in [0.4, 0.5) is 13.2 Å². The maximum absolute atomic E-state index is 12.2. The Morgan fingerprint density at radius 1 is 1.37 bits per heavy atom. The van der Waals surface area contributed by atoms with E-state index in [4.69, 9.17) is 4.74 Å². The topological polar surface area (TPSA) is 71.9 Å². The van der Waals surface area contributed by atoms with Gasteiger partial charge in [-0.05, 0) is 12.5 Å². The van der Waals surface area contributed by atoms with Gasteiger partial charge < -0.3 is 19.7 Å². The summed E-state index contributed by atoms with van der Waals surface area (Å²) >= 11 is 1.55. The number of halogens is 4. The van der Waals surface area contributed by atoms with Crippen LogP contribution in [-0.4, -0.2) is 54.8 Å². The van der Waals surface area contributed by atoms with E-state index in [-0.39, 0.29) is 36.0 Å². The molecule has 0 amide bonds. The highest BCUT2D eigenvalue weighted by Gasteiger charge is 2.28. The van der Waals surface area contributed by atoms with Crippen molar-refractivity contribution in [3.63, 3.8) is 0 Å². The number of aliphatic imine (C=N–C) groups is 1. The molecule has 168 valence electrons. The Morgan fingerprint density at radius 3 is 2.67 bits per heavy atom. The molecule has 7 nitrogen and oxygen atoms in total. The summed E-state index contributed by atoms with van der Waals surface area (Å²) in [7, 11) is 5.21. The monoisotopic (exact) mass is 559 g/mol. The first-order valence-corrected chi connectivity index (χ1v) is 9.63. The van der Waals surface area contributed by atoms with Crippen molar-refractivity contribution in [3.8, 4) is 5.88 Å². The quantitative estimate of drug-likeness (QED) is 0.300. The zero-order chi connectivity index (χ0) is 21.4. The number of alkyl halides is 3. The molecule has 0 aromatic carbocycles. The summed E-state index contributed by atoms with van der Waals surface area (Å²) < 4.78 is 46.4. The van der Waals surface area contributed by atoms with Crippen LogP contribution in [0, 0.1) is 0 Å². The van der Waals surface area contributed by atoms with E-state index in [1.807, 2.05) is 24.3 Å². The average molecular weight is 559 g/mol. The van der Waals surface area contributed by atoms with Gasteiger partial charge in [0.1, 0.15) is 11.1 Å². The van der Waals surface area contributed by atoms with E-state index in [2.05, 4.69) is 25.0 Å². The third-order valence-electron chi connectivity index (χ3n) is 3.88. The highest BCUT2D eigenvalue weighted by Crippen LogP contribution is 2.21. The van der Waals surface area contributed by atoms with Gasteiger partial charge in [0.25, 0.3) is 0 Å². The third kappa shape index (κ3) is 8.60. The number of nitrogens with zero attached hydrogens (tertiary/aromatic N) is 4. The lowest BCUT2D eigenvalue weighted by Gasteiger charge is -2.21. The second-order valence-corrected chi connectivity index (χ2v) is 7.11. The van der Waals surface area contributed by atoms with Gasteiger partial charge in [-0.25, -0.2) is 9.97 Å². The van der Waals surface area contributed by atoms with Gasteiger partial charge in [-0.2, -0.15) is 13.2 Å². The maximum Gasteiger partial charge on any atom is 0.422 e. The number of rotatable bonds is 8. The summed E-state index contributed by atoms with van der Waals surface area (Å²) in [6, 6.07) is 3.06. The minimum Gasteiger partial charge on any atom is -0.468 e. The number of hydrogen-bond acceptors (Lipinski definition) is 6. The van der Waals surface area contributed by atoms with Crippen molar-refractivity contribution in [2.45, 2.75) is 32.3 Å². The second kappa shape index (κ2) is 12.2. The Bertz CT molecular complexity index is 802. The summed E-state index contributed by atoms with van der Waals surface area (Å²) in [4.78, 5) is 14.6. The van der Waals surface area contributed by atoms with Gasteiger partial charge in [-0.15, -0.1) is 35.3 Å². The van der Waals surface area contributed by atoms with Crippen LogP contribution in [0.15, 0.2) is 28.7 Å². The van der Waals surface area contributed by atoms with Crippen LogP contribution in [0.3, 0.4) is 0 Å².